The van der Waals surface area contributed by atoms with Crippen LogP contribution in [0.1, 0.15) is 41.0 Å². The molecule has 0 saturated heterocycles. The maximum Gasteiger partial charge on any atom is 0.307 e. The molecule has 0 bridgehead atoms. The largest absolute Gasteiger partial charge is 0.435 e. The molecular formula is C19H24O5. The van der Waals surface area contributed by atoms with Crippen LogP contribution in [-0.4, -0.2) is 23.1 Å². The van der Waals surface area contributed by atoms with Crippen LogP contribution >= 0.6 is 0 Å². The van der Waals surface area contributed by atoms with Crippen molar-refractivity contribution in [2.45, 2.75) is 47.1 Å². The molecular weight excluding hydrogens is 308 g/mol. The Morgan fingerprint density at radius 2 is 1.71 bits per heavy atom. The van der Waals surface area contributed by atoms with E-state index in [1.807, 2.05) is 26.8 Å². The van der Waals surface area contributed by atoms with E-state index in [1.54, 1.807) is 6.08 Å². The molecule has 0 radical (unpaired) electrons. The van der Waals surface area contributed by atoms with E-state index in [9.17, 15) is 14.7 Å². The fraction of sp³-hybridized carbons (Fsp3) is 0.368. The molecule has 0 aliphatic rings. The van der Waals surface area contributed by atoms with Gasteiger partial charge in [0.05, 0.1) is 12.4 Å². The number of hydrogen-bond donors (Lipinski definition) is 1. The van der Waals surface area contributed by atoms with Gasteiger partial charge in [-0.2, -0.15) is 0 Å². The van der Waals surface area contributed by atoms with Crippen LogP contribution in [0.15, 0.2) is 47.5 Å². The minimum Gasteiger partial charge on any atom is -0.435 e. The van der Waals surface area contributed by atoms with Crippen LogP contribution in [0.2, 0.25) is 0 Å². The highest BCUT2D eigenvalue weighted by molar-refractivity contribution is 5.67. The molecule has 0 aliphatic heterocycles. The summed E-state index contributed by atoms with van der Waals surface area (Å²) in [5, 5.41) is 10.2. The lowest BCUT2D eigenvalue weighted by atomic mass is 10.1. The molecule has 0 aliphatic carbocycles. The molecule has 0 fully saturated rings. The fourth-order valence-corrected chi connectivity index (χ4v) is 1.36. The summed E-state index contributed by atoms with van der Waals surface area (Å²) in [4.78, 5) is 21.7. The van der Waals surface area contributed by atoms with E-state index in [0.29, 0.717) is 5.57 Å². The van der Waals surface area contributed by atoms with Crippen LogP contribution in [0.4, 0.5) is 0 Å². The van der Waals surface area contributed by atoms with Crippen molar-refractivity contribution in [3.8, 4) is 11.8 Å². The topological polar surface area (TPSA) is 72.8 Å². The van der Waals surface area contributed by atoms with E-state index in [4.69, 9.17) is 4.74 Å². The molecule has 0 unspecified atom stereocenters. The molecule has 0 amide bonds. The van der Waals surface area contributed by atoms with Gasteiger partial charge in [-0.25, -0.2) is 0 Å². The summed E-state index contributed by atoms with van der Waals surface area (Å²) in [6.45, 7) is 8.26. The zero-order valence-electron chi connectivity index (χ0n) is 14.8. The SMILES string of the molecule is CC(=O)O/C=C(/C=C/OC(C)=O)[C@@H](O)C/C=C(\C)C#CC=C(C)C. The number of carbonyl (C=O) groups excluding carboxylic acids is 2. The van der Waals surface area contributed by atoms with Crippen LogP contribution in [0.3, 0.4) is 0 Å². The summed E-state index contributed by atoms with van der Waals surface area (Å²) in [6, 6.07) is 0. The third-order valence-corrected chi connectivity index (χ3v) is 2.52. The van der Waals surface area contributed by atoms with E-state index in [-0.39, 0.29) is 6.42 Å². The maximum atomic E-state index is 10.9. The number of hydrogen-bond acceptors (Lipinski definition) is 5. The van der Waals surface area contributed by atoms with Crippen molar-refractivity contribution in [3.05, 3.63) is 47.5 Å². The summed E-state index contributed by atoms with van der Waals surface area (Å²) in [6.07, 6.45) is 6.55. The van der Waals surface area contributed by atoms with Gasteiger partial charge in [0.1, 0.15) is 6.26 Å². The first kappa shape index (κ1) is 21.4. The normalized spacial score (nSPS) is 12.9. The zero-order valence-corrected chi connectivity index (χ0v) is 14.8. The summed E-state index contributed by atoms with van der Waals surface area (Å²) in [7, 11) is 0. The number of rotatable bonds is 6. The van der Waals surface area contributed by atoms with E-state index in [1.165, 1.54) is 19.9 Å². The van der Waals surface area contributed by atoms with Crippen molar-refractivity contribution < 1.29 is 24.2 Å². The molecule has 0 rings (SSSR count). The predicted octanol–water partition coefficient (Wildman–Crippen LogP) is 3.18. The van der Waals surface area contributed by atoms with Crippen molar-refractivity contribution in [2.75, 3.05) is 0 Å². The van der Waals surface area contributed by atoms with E-state index < -0.39 is 18.0 Å². The van der Waals surface area contributed by atoms with Crippen molar-refractivity contribution in [2.24, 2.45) is 0 Å². The third kappa shape index (κ3) is 12.0. The quantitative estimate of drug-likeness (QED) is 0.350. The lowest BCUT2D eigenvalue weighted by Gasteiger charge is -2.09. The van der Waals surface area contributed by atoms with Crippen molar-refractivity contribution in [3.63, 3.8) is 0 Å². The minimum absolute atomic E-state index is 0.271. The van der Waals surface area contributed by atoms with Gasteiger partial charge in [0.15, 0.2) is 0 Å². The van der Waals surface area contributed by atoms with Gasteiger partial charge >= 0.3 is 11.9 Å². The first-order valence-electron chi connectivity index (χ1n) is 7.43. The molecule has 5 nitrogen and oxygen atoms in total. The van der Waals surface area contributed by atoms with Gasteiger partial charge in [-0.3, -0.25) is 9.59 Å². The first-order chi connectivity index (χ1) is 11.2. The number of allylic oxidation sites excluding steroid dienone is 3. The van der Waals surface area contributed by atoms with Crippen LogP contribution in [-0.2, 0) is 19.1 Å². The highest BCUT2D eigenvalue weighted by Crippen LogP contribution is 2.11. The fourth-order valence-electron chi connectivity index (χ4n) is 1.36. The molecule has 0 heterocycles. The number of aliphatic hydroxyl groups excluding tert-OH is 1. The average Bonchev–Trinajstić information content (AvgIpc) is 2.47. The average molecular weight is 332 g/mol. The molecule has 0 aromatic carbocycles. The van der Waals surface area contributed by atoms with Crippen molar-refractivity contribution in [1.29, 1.82) is 0 Å². The predicted molar refractivity (Wildman–Crippen MR) is 92.3 cm³/mol. The Labute approximate surface area is 143 Å². The Morgan fingerprint density at radius 1 is 1.08 bits per heavy atom. The summed E-state index contributed by atoms with van der Waals surface area (Å²) in [5.74, 6) is 4.85. The van der Waals surface area contributed by atoms with Gasteiger partial charge in [-0.15, -0.1) is 0 Å². The van der Waals surface area contributed by atoms with Gasteiger partial charge in [0.25, 0.3) is 0 Å². The number of ether oxygens (including phenoxy) is 2. The molecule has 1 N–H and O–H groups in total. The van der Waals surface area contributed by atoms with E-state index in [0.717, 1.165) is 23.7 Å². The molecule has 130 valence electrons. The highest BCUT2D eigenvalue weighted by Gasteiger charge is 2.08. The van der Waals surface area contributed by atoms with Gasteiger partial charge in [-0.1, -0.05) is 23.5 Å². The minimum atomic E-state index is -0.934. The zero-order chi connectivity index (χ0) is 18.5. The second-order valence-corrected chi connectivity index (χ2v) is 5.27. The van der Waals surface area contributed by atoms with Crippen LogP contribution in [0.5, 0.6) is 0 Å². The van der Waals surface area contributed by atoms with Crippen molar-refractivity contribution >= 4 is 11.9 Å². The Hall–Kier alpha value is -2.58. The molecule has 0 aromatic heterocycles. The lowest BCUT2D eigenvalue weighted by Crippen LogP contribution is -2.09. The summed E-state index contributed by atoms with van der Waals surface area (Å²) in [5.41, 5.74) is 2.22. The van der Waals surface area contributed by atoms with Gasteiger partial charge in [0, 0.05) is 19.4 Å². The number of esters is 2. The van der Waals surface area contributed by atoms with Gasteiger partial charge in [0.2, 0.25) is 0 Å². The van der Waals surface area contributed by atoms with E-state index in [2.05, 4.69) is 16.6 Å². The van der Waals surface area contributed by atoms with Gasteiger partial charge < -0.3 is 14.6 Å². The Balaban J connectivity index is 4.99. The molecule has 1 atom stereocenters. The Morgan fingerprint density at radius 3 is 2.25 bits per heavy atom. The van der Waals surface area contributed by atoms with E-state index >= 15 is 0 Å². The number of carbonyl (C=O) groups is 2. The molecule has 0 aromatic rings. The second kappa shape index (κ2) is 11.9. The van der Waals surface area contributed by atoms with Gasteiger partial charge in [-0.05, 0) is 44.9 Å². The second-order valence-electron chi connectivity index (χ2n) is 5.27. The van der Waals surface area contributed by atoms with Crippen LogP contribution in [0, 0.1) is 11.8 Å². The molecule has 0 saturated carbocycles. The Bertz CT molecular complexity index is 620. The summed E-state index contributed by atoms with van der Waals surface area (Å²) >= 11 is 0. The highest BCUT2D eigenvalue weighted by atomic mass is 16.5. The molecule has 0 spiro atoms. The monoisotopic (exact) mass is 332 g/mol. The van der Waals surface area contributed by atoms with Crippen molar-refractivity contribution in [1.82, 2.24) is 0 Å². The number of aliphatic hydroxyl groups is 1. The van der Waals surface area contributed by atoms with Crippen LogP contribution < -0.4 is 0 Å². The first-order valence-corrected chi connectivity index (χ1v) is 7.43. The maximum absolute atomic E-state index is 10.9. The van der Waals surface area contributed by atoms with Crippen LogP contribution in [0.25, 0.3) is 0 Å². The lowest BCUT2D eigenvalue weighted by molar-refractivity contribution is -0.136. The smallest absolute Gasteiger partial charge is 0.307 e. The standard InChI is InChI=1S/C19H24O5/c1-14(2)7-6-8-15(3)9-10-19(22)18(13-24-17(5)21)11-12-23-16(4)20/h7,9,11-13,19,22H,10H2,1-5H3/b12-11+,15-9+,18-13-/t19-/m0/s1. The Kier molecular flexibility index (Phi) is 10.6. The molecule has 24 heavy (non-hydrogen) atoms. The summed E-state index contributed by atoms with van der Waals surface area (Å²) < 4.78 is 9.45. The molecule has 5 heteroatoms. The third-order valence-electron chi connectivity index (χ3n) is 2.52.